The molecule has 0 aromatic carbocycles. The first-order valence-corrected chi connectivity index (χ1v) is 8.74. The molecule has 6 nitrogen and oxygen atoms in total. The first-order chi connectivity index (χ1) is 11.1. The summed E-state index contributed by atoms with van der Waals surface area (Å²) in [5, 5.41) is 7.34. The fraction of sp³-hybridized carbons (Fsp3) is 0.722. The van der Waals surface area contributed by atoms with Crippen molar-refractivity contribution in [3.8, 4) is 0 Å². The van der Waals surface area contributed by atoms with Crippen LogP contribution in [0, 0.1) is 5.92 Å². The molecule has 1 aromatic heterocycles. The van der Waals surface area contributed by atoms with Gasteiger partial charge in [-0.2, -0.15) is 5.10 Å². The van der Waals surface area contributed by atoms with Crippen LogP contribution in [0.1, 0.15) is 59.6 Å². The number of anilines is 1. The van der Waals surface area contributed by atoms with E-state index >= 15 is 0 Å². The summed E-state index contributed by atoms with van der Waals surface area (Å²) in [6, 6.07) is 1.91. The molecule has 1 saturated carbocycles. The number of rotatable bonds is 5. The van der Waals surface area contributed by atoms with E-state index in [2.05, 4.69) is 31.2 Å². The van der Waals surface area contributed by atoms with E-state index in [1.54, 1.807) is 9.58 Å². The van der Waals surface area contributed by atoms with Gasteiger partial charge in [0, 0.05) is 30.5 Å². The topological polar surface area (TPSA) is 67.2 Å². The van der Waals surface area contributed by atoms with Gasteiger partial charge in [0.05, 0.1) is 5.69 Å². The van der Waals surface area contributed by atoms with Crippen LogP contribution in [0.25, 0.3) is 0 Å². The Labute approximate surface area is 144 Å². The van der Waals surface area contributed by atoms with Crippen molar-refractivity contribution >= 4 is 17.6 Å². The van der Waals surface area contributed by atoms with Crippen LogP contribution in [0.15, 0.2) is 6.07 Å². The van der Waals surface area contributed by atoms with E-state index < -0.39 is 0 Å². The molecule has 1 heterocycles. The van der Waals surface area contributed by atoms with Gasteiger partial charge in [0.15, 0.2) is 0 Å². The molecule has 0 aliphatic heterocycles. The second-order valence-corrected chi connectivity index (χ2v) is 8.02. The van der Waals surface area contributed by atoms with E-state index in [0.717, 1.165) is 25.0 Å². The third-order valence-corrected chi connectivity index (χ3v) is 4.59. The number of carbonyl (C=O) groups is 2. The molecule has 24 heavy (non-hydrogen) atoms. The monoisotopic (exact) mass is 334 g/mol. The largest absolute Gasteiger partial charge is 0.331 e. The molecule has 134 valence electrons. The Morgan fingerprint density at radius 1 is 1.38 bits per heavy atom. The SMILES string of the molecule is CC(C)N(CC(=O)Nc1cc(C(C)(C)C)nn1C)C(=O)C1CCC1. The van der Waals surface area contributed by atoms with Gasteiger partial charge in [-0.1, -0.05) is 27.2 Å². The summed E-state index contributed by atoms with van der Waals surface area (Å²) in [5.74, 6) is 0.681. The highest BCUT2D eigenvalue weighted by molar-refractivity contribution is 5.94. The van der Waals surface area contributed by atoms with Crippen molar-refractivity contribution in [3.05, 3.63) is 11.8 Å². The molecule has 1 N–H and O–H groups in total. The van der Waals surface area contributed by atoms with Crippen LogP contribution < -0.4 is 5.32 Å². The van der Waals surface area contributed by atoms with Gasteiger partial charge in [-0.05, 0) is 26.7 Å². The van der Waals surface area contributed by atoms with Crippen LogP contribution >= 0.6 is 0 Å². The number of nitrogens with zero attached hydrogens (tertiary/aromatic N) is 3. The molecular weight excluding hydrogens is 304 g/mol. The van der Waals surface area contributed by atoms with Crippen LogP contribution in [0.2, 0.25) is 0 Å². The van der Waals surface area contributed by atoms with Gasteiger partial charge in [-0.25, -0.2) is 0 Å². The zero-order valence-electron chi connectivity index (χ0n) is 15.7. The Bertz CT molecular complexity index is 609. The molecule has 0 radical (unpaired) electrons. The summed E-state index contributed by atoms with van der Waals surface area (Å²) >= 11 is 0. The Morgan fingerprint density at radius 2 is 2.00 bits per heavy atom. The quantitative estimate of drug-likeness (QED) is 0.900. The second-order valence-electron chi connectivity index (χ2n) is 8.02. The summed E-state index contributed by atoms with van der Waals surface area (Å²) < 4.78 is 1.67. The average Bonchev–Trinajstić information content (AvgIpc) is 2.75. The van der Waals surface area contributed by atoms with Gasteiger partial charge < -0.3 is 10.2 Å². The van der Waals surface area contributed by atoms with Crippen LogP contribution in [-0.4, -0.2) is 39.1 Å². The summed E-state index contributed by atoms with van der Waals surface area (Å²) in [4.78, 5) is 26.6. The zero-order valence-corrected chi connectivity index (χ0v) is 15.7. The molecule has 2 amide bonds. The zero-order chi connectivity index (χ0) is 18.1. The first kappa shape index (κ1) is 18.5. The Hall–Kier alpha value is -1.85. The lowest BCUT2D eigenvalue weighted by atomic mass is 9.84. The van der Waals surface area contributed by atoms with Crippen molar-refractivity contribution in [2.75, 3.05) is 11.9 Å². The molecule has 0 saturated heterocycles. The van der Waals surface area contributed by atoms with Gasteiger partial charge in [0.2, 0.25) is 11.8 Å². The van der Waals surface area contributed by atoms with Gasteiger partial charge in [-0.15, -0.1) is 0 Å². The summed E-state index contributed by atoms with van der Waals surface area (Å²) in [7, 11) is 1.81. The highest BCUT2D eigenvalue weighted by atomic mass is 16.2. The predicted octanol–water partition coefficient (Wildman–Crippen LogP) is 2.69. The fourth-order valence-corrected chi connectivity index (χ4v) is 2.69. The van der Waals surface area contributed by atoms with E-state index in [4.69, 9.17) is 0 Å². The maximum absolute atomic E-state index is 12.5. The lowest BCUT2D eigenvalue weighted by molar-refractivity contribution is -0.142. The van der Waals surface area contributed by atoms with Gasteiger partial charge in [0.1, 0.15) is 12.4 Å². The molecule has 1 aromatic rings. The van der Waals surface area contributed by atoms with E-state index in [1.807, 2.05) is 27.0 Å². The number of hydrogen-bond donors (Lipinski definition) is 1. The third-order valence-electron chi connectivity index (χ3n) is 4.59. The molecule has 0 bridgehead atoms. The smallest absolute Gasteiger partial charge is 0.245 e. The van der Waals surface area contributed by atoms with Crippen molar-refractivity contribution in [1.82, 2.24) is 14.7 Å². The maximum Gasteiger partial charge on any atom is 0.245 e. The number of aryl methyl sites for hydroxylation is 1. The lowest BCUT2D eigenvalue weighted by Gasteiger charge is -2.33. The summed E-state index contributed by atoms with van der Waals surface area (Å²) in [5.41, 5.74) is 0.844. The van der Waals surface area contributed by atoms with Gasteiger partial charge in [-0.3, -0.25) is 14.3 Å². The summed E-state index contributed by atoms with van der Waals surface area (Å²) in [6.07, 6.45) is 3.00. The van der Waals surface area contributed by atoms with Gasteiger partial charge in [0.25, 0.3) is 0 Å². The number of hydrogen-bond acceptors (Lipinski definition) is 3. The fourth-order valence-electron chi connectivity index (χ4n) is 2.69. The average molecular weight is 334 g/mol. The first-order valence-electron chi connectivity index (χ1n) is 8.74. The second kappa shape index (κ2) is 6.95. The van der Waals surface area contributed by atoms with Crippen molar-refractivity contribution in [2.45, 2.75) is 65.3 Å². The molecule has 1 aliphatic rings. The molecule has 6 heteroatoms. The summed E-state index contributed by atoms with van der Waals surface area (Å²) in [6.45, 7) is 10.2. The van der Waals surface area contributed by atoms with Crippen LogP contribution in [0.4, 0.5) is 5.82 Å². The van der Waals surface area contributed by atoms with Crippen LogP contribution in [0.3, 0.4) is 0 Å². The van der Waals surface area contributed by atoms with Crippen LogP contribution in [0.5, 0.6) is 0 Å². The van der Waals surface area contributed by atoms with E-state index in [-0.39, 0.29) is 35.7 Å². The van der Waals surface area contributed by atoms with E-state index in [0.29, 0.717) is 5.82 Å². The third kappa shape index (κ3) is 4.16. The number of aromatic nitrogens is 2. The van der Waals surface area contributed by atoms with Crippen LogP contribution in [-0.2, 0) is 22.1 Å². The highest BCUT2D eigenvalue weighted by Crippen LogP contribution is 2.29. The number of nitrogens with one attached hydrogen (secondary N) is 1. The molecule has 0 atom stereocenters. The maximum atomic E-state index is 12.5. The van der Waals surface area contributed by atoms with E-state index in [9.17, 15) is 9.59 Å². The normalized spacial score (nSPS) is 15.3. The van der Waals surface area contributed by atoms with Gasteiger partial charge >= 0.3 is 0 Å². The highest BCUT2D eigenvalue weighted by Gasteiger charge is 2.31. The molecule has 0 unspecified atom stereocenters. The Balaban J connectivity index is 2.03. The lowest BCUT2D eigenvalue weighted by Crippen LogP contribution is -2.46. The Morgan fingerprint density at radius 3 is 2.42 bits per heavy atom. The molecule has 1 fully saturated rings. The number of carbonyl (C=O) groups excluding carboxylic acids is 2. The molecular formula is C18H30N4O2. The minimum absolute atomic E-state index is 0.0144. The minimum Gasteiger partial charge on any atom is -0.331 e. The molecule has 0 spiro atoms. The van der Waals surface area contributed by atoms with E-state index in [1.165, 1.54) is 0 Å². The predicted molar refractivity (Wildman–Crippen MR) is 94.7 cm³/mol. The Kier molecular flexibility index (Phi) is 5.35. The van der Waals surface area contributed by atoms with Crippen molar-refractivity contribution in [3.63, 3.8) is 0 Å². The standard InChI is InChI=1S/C18H30N4O2/c1-12(2)22(17(24)13-8-7-9-13)11-16(23)19-15-10-14(18(3,4)5)20-21(15)6/h10,12-13H,7-9,11H2,1-6H3,(H,19,23). The van der Waals surface area contributed by atoms with Crippen molar-refractivity contribution in [2.24, 2.45) is 13.0 Å². The minimum atomic E-state index is -0.181. The van der Waals surface area contributed by atoms with Crippen molar-refractivity contribution < 1.29 is 9.59 Å². The molecule has 1 aliphatic carbocycles. The molecule has 2 rings (SSSR count). The number of amides is 2. The van der Waals surface area contributed by atoms with Crippen molar-refractivity contribution in [1.29, 1.82) is 0 Å².